The third-order valence-electron chi connectivity index (χ3n) is 5.76. The predicted molar refractivity (Wildman–Crippen MR) is 166 cm³/mol. The molecule has 0 aromatic heterocycles. The van der Waals surface area contributed by atoms with E-state index >= 15 is 0 Å². The van der Waals surface area contributed by atoms with Gasteiger partial charge in [-0.2, -0.15) is 4.39 Å². The molecule has 0 atom stereocenters. The Morgan fingerprint density at radius 3 is 1.62 bits per heavy atom. The first-order valence-electron chi connectivity index (χ1n) is 13.7. The Balaban J connectivity index is 0.000000263. The lowest BCUT2D eigenvalue weighted by Gasteiger charge is -2.09. The third-order valence-corrected chi connectivity index (χ3v) is 5.76. The number of nitrogens with one attached hydrogen (secondary N) is 1. The number of nitrogens with zero attached hydrogens (tertiary/aromatic N) is 2. The topological polar surface area (TPSA) is 177 Å². The molecule has 0 radical (unpaired) electrons. The van der Waals surface area contributed by atoms with Gasteiger partial charge in [0.1, 0.15) is 5.69 Å². The number of benzene rings is 4. The van der Waals surface area contributed by atoms with Crippen molar-refractivity contribution in [1.82, 2.24) is 0 Å². The lowest BCUT2D eigenvalue weighted by molar-refractivity contribution is -0.387. The van der Waals surface area contributed by atoms with Crippen LogP contribution in [0.1, 0.15) is 45.7 Å². The Labute approximate surface area is 258 Å². The van der Waals surface area contributed by atoms with Crippen molar-refractivity contribution in [3.05, 3.63) is 145 Å². The lowest BCUT2D eigenvalue weighted by Crippen LogP contribution is -2.08. The first kappa shape index (κ1) is 35.5. The smallest absolute Gasteiger partial charge is 0.338 e. The van der Waals surface area contributed by atoms with Crippen LogP contribution in [0, 0.1) is 26.0 Å². The van der Waals surface area contributed by atoms with E-state index in [4.69, 9.17) is 10.5 Å². The summed E-state index contributed by atoms with van der Waals surface area (Å²) < 4.78 is 22.6. The van der Waals surface area contributed by atoms with Crippen LogP contribution in [0.5, 0.6) is 0 Å². The molecule has 0 aliphatic rings. The molecular weight excluding hydrogens is 587 g/mol. The van der Waals surface area contributed by atoms with Crippen LogP contribution in [-0.2, 0) is 22.6 Å². The Morgan fingerprint density at radius 1 is 0.733 bits per heavy atom. The molecule has 45 heavy (non-hydrogen) atoms. The van der Waals surface area contributed by atoms with Gasteiger partial charge in [0.2, 0.25) is 5.82 Å². The number of nitrogens with two attached hydrogens (primary N) is 1. The van der Waals surface area contributed by atoms with Crippen molar-refractivity contribution in [2.45, 2.75) is 26.9 Å². The summed E-state index contributed by atoms with van der Waals surface area (Å²) in [7, 11) is 0. The van der Waals surface area contributed by atoms with Gasteiger partial charge in [0.05, 0.1) is 34.2 Å². The van der Waals surface area contributed by atoms with Crippen LogP contribution < -0.4 is 11.1 Å². The lowest BCUT2D eigenvalue weighted by atomic mass is 10.1. The van der Waals surface area contributed by atoms with Crippen LogP contribution >= 0.6 is 0 Å². The van der Waals surface area contributed by atoms with Gasteiger partial charge in [-0.1, -0.05) is 60.7 Å². The molecule has 0 amide bonds. The Bertz CT molecular complexity index is 1570. The molecule has 4 rings (SSSR count). The average molecular weight is 621 g/mol. The molecular formula is C32H33FN4O8. The van der Waals surface area contributed by atoms with Crippen LogP contribution in [-0.4, -0.2) is 35.0 Å². The maximum absolute atomic E-state index is 13.1. The molecule has 3 N–H and O–H groups in total. The van der Waals surface area contributed by atoms with Gasteiger partial charge in [-0.3, -0.25) is 20.2 Å². The van der Waals surface area contributed by atoms with Crippen LogP contribution in [0.15, 0.2) is 97.1 Å². The number of carbonyl (C=O) groups is 2. The molecule has 0 heterocycles. The van der Waals surface area contributed by atoms with Gasteiger partial charge in [0.15, 0.2) is 0 Å². The molecule has 0 aliphatic heterocycles. The normalized spacial score (nSPS) is 9.78. The van der Waals surface area contributed by atoms with E-state index < -0.39 is 33.3 Å². The van der Waals surface area contributed by atoms with Gasteiger partial charge in [-0.05, 0) is 49.2 Å². The number of nitro benzene ring substituents is 2. The Hall–Kier alpha value is -5.69. The number of nitro groups is 2. The van der Waals surface area contributed by atoms with E-state index in [1.54, 1.807) is 13.8 Å². The van der Waals surface area contributed by atoms with Crippen LogP contribution in [0.3, 0.4) is 0 Å². The van der Waals surface area contributed by atoms with Crippen LogP contribution in [0.4, 0.5) is 21.5 Å². The standard InChI is InChI=1S/C16H16N2O4.C9H8FNO4.C7H9N/c1-2-22-16(19)13-8-9-15(18(20)21)14(10-13)17-11-12-6-4-3-5-7-12;1-2-15-9(12)6-3-4-8(11(13)14)7(10)5-6;8-6-7-4-2-1-3-5-7/h3-10,17H,2,11H2,1H3;3-5H,2H2,1H3;1-5H,6,8H2. The molecule has 0 bridgehead atoms. The molecule has 236 valence electrons. The zero-order chi connectivity index (χ0) is 33.2. The Morgan fingerprint density at radius 2 is 1.20 bits per heavy atom. The summed E-state index contributed by atoms with van der Waals surface area (Å²) in [5, 5.41) is 24.4. The first-order chi connectivity index (χ1) is 21.6. The van der Waals surface area contributed by atoms with Gasteiger partial charge >= 0.3 is 17.6 Å². The van der Waals surface area contributed by atoms with Crippen molar-refractivity contribution in [2.24, 2.45) is 5.73 Å². The summed E-state index contributed by atoms with van der Waals surface area (Å²) >= 11 is 0. The second-order valence-corrected chi connectivity index (χ2v) is 8.88. The van der Waals surface area contributed by atoms with E-state index in [9.17, 15) is 34.2 Å². The van der Waals surface area contributed by atoms with Gasteiger partial charge in [0.25, 0.3) is 5.69 Å². The molecule has 13 heteroatoms. The van der Waals surface area contributed by atoms with E-state index in [-0.39, 0.29) is 30.0 Å². The molecule has 0 unspecified atom stereocenters. The number of anilines is 1. The molecule has 0 fully saturated rings. The maximum Gasteiger partial charge on any atom is 0.338 e. The first-order valence-corrected chi connectivity index (χ1v) is 13.7. The number of ether oxygens (including phenoxy) is 2. The molecule has 4 aromatic carbocycles. The van der Waals surface area contributed by atoms with Gasteiger partial charge in [0, 0.05) is 25.2 Å². The van der Waals surface area contributed by atoms with Crippen LogP contribution in [0.25, 0.3) is 0 Å². The summed E-state index contributed by atoms with van der Waals surface area (Å²) in [6.07, 6.45) is 0. The quantitative estimate of drug-likeness (QED) is 0.114. The summed E-state index contributed by atoms with van der Waals surface area (Å²) in [6.45, 7) is 4.80. The van der Waals surface area contributed by atoms with Gasteiger partial charge < -0.3 is 20.5 Å². The van der Waals surface area contributed by atoms with E-state index in [0.29, 0.717) is 18.8 Å². The highest BCUT2D eigenvalue weighted by atomic mass is 19.1. The van der Waals surface area contributed by atoms with E-state index in [0.717, 1.165) is 23.8 Å². The largest absolute Gasteiger partial charge is 0.462 e. The number of hydrogen-bond donors (Lipinski definition) is 2. The zero-order valence-electron chi connectivity index (χ0n) is 24.7. The molecule has 12 nitrogen and oxygen atoms in total. The number of hydrogen-bond acceptors (Lipinski definition) is 10. The van der Waals surface area contributed by atoms with Crippen molar-refractivity contribution >= 4 is 29.0 Å². The minimum atomic E-state index is -1.05. The minimum absolute atomic E-state index is 0.0417. The van der Waals surface area contributed by atoms with Crippen molar-refractivity contribution in [1.29, 1.82) is 0 Å². The number of halogens is 1. The molecule has 0 aliphatic carbocycles. The second-order valence-electron chi connectivity index (χ2n) is 8.88. The van der Waals surface area contributed by atoms with Crippen molar-refractivity contribution in [3.63, 3.8) is 0 Å². The predicted octanol–water partition coefficient (Wildman–Crippen LogP) is 6.44. The highest BCUT2D eigenvalue weighted by Crippen LogP contribution is 2.26. The van der Waals surface area contributed by atoms with Gasteiger partial charge in [-0.15, -0.1) is 0 Å². The number of rotatable bonds is 10. The highest BCUT2D eigenvalue weighted by Gasteiger charge is 2.18. The third kappa shape index (κ3) is 11.8. The van der Waals surface area contributed by atoms with E-state index in [1.807, 2.05) is 60.7 Å². The fourth-order valence-electron chi connectivity index (χ4n) is 3.58. The number of esters is 2. The fraction of sp³-hybridized carbons (Fsp3) is 0.188. The summed E-state index contributed by atoms with van der Waals surface area (Å²) in [5.74, 6) is -2.25. The second kappa shape index (κ2) is 18.8. The summed E-state index contributed by atoms with van der Waals surface area (Å²) in [6, 6.07) is 26.5. The van der Waals surface area contributed by atoms with E-state index in [1.165, 1.54) is 23.8 Å². The Kier molecular flexibility index (Phi) is 14.8. The van der Waals surface area contributed by atoms with Crippen LogP contribution in [0.2, 0.25) is 0 Å². The SMILES string of the molecule is CCOC(=O)c1ccc([N+](=O)[O-])c(F)c1.CCOC(=O)c1ccc([N+](=O)[O-])c(NCc2ccccc2)c1.NCc1ccccc1. The average Bonchev–Trinajstić information content (AvgIpc) is 3.05. The fourth-order valence-corrected chi connectivity index (χ4v) is 3.58. The molecule has 0 spiro atoms. The molecule has 0 saturated carbocycles. The van der Waals surface area contributed by atoms with Crippen molar-refractivity contribution in [3.8, 4) is 0 Å². The summed E-state index contributed by atoms with van der Waals surface area (Å²) in [5.41, 5.74) is 7.31. The maximum atomic E-state index is 13.1. The monoisotopic (exact) mass is 620 g/mol. The molecule has 0 saturated heterocycles. The minimum Gasteiger partial charge on any atom is -0.462 e. The van der Waals surface area contributed by atoms with Gasteiger partial charge in [-0.25, -0.2) is 9.59 Å². The van der Waals surface area contributed by atoms with Crippen molar-refractivity contribution in [2.75, 3.05) is 18.5 Å². The van der Waals surface area contributed by atoms with Crippen molar-refractivity contribution < 1.29 is 33.3 Å². The zero-order valence-corrected chi connectivity index (χ0v) is 24.7. The molecule has 4 aromatic rings. The highest BCUT2D eigenvalue weighted by molar-refractivity contribution is 5.91. The summed E-state index contributed by atoms with van der Waals surface area (Å²) in [4.78, 5) is 42.9. The number of carbonyl (C=O) groups excluding carboxylic acids is 2. The van der Waals surface area contributed by atoms with E-state index in [2.05, 4.69) is 10.1 Å².